The van der Waals surface area contributed by atoms with E-state index in [4.69, 9.17) is 5.11 Å². The lowest BCUT2D eigenvalue weighted by atomic mass is 10.1. The number of carboxylic acid groups (broad SMARTS) is 1. The van der Waals surface area contributed by atoms with E-state index in [1.54, 1.807) is 26.0 Å². The number of anilines is 1. The van der Waals surface area contributed by atoms with Crippen LogP contribution >= 0.6 is 0 Å². The molecule has 0 heterocycles. The summed E-state index contributed by atoms with van der Waals surface area (Å²) in [7, 11) is -3.50. The zero-order chi connectivity index (χ0) is 17.5. The van der Waals surface area contributed by atoms with Gasteiger partial charge in [0.05, 0.1) is 17.0 Å². The summed E-state index contributed by atoms with van der Waals surface area (Å²) in [6, 6.07) is 5.97. The molecule has 1 rings (SSSR count). The van der Waals surface area contributed by atoms with Crippen molar-refractivity contribution in [3.8, 4) is 0 Å². The van der Waals surface area contributed by atoms with E-state index in [9.17, 15) is 18.0 Å². The quantitative estimate of drug-likeness (QED) is 0.633. The van der Waals surface area contributed by atoms with E-state index in [2.05, 4.69) is 10.0 Å². The second-order valence-corrected chi connectivity index (χ2v) is 7.12. The number of carbonyl (C=O) groups is 2. The van der Waals surface area contributed by atoms with Crippen LogP contribution in [0.2, 0.25) is 0 Å². The normalized spacial score (nSPS) is 12.4. The van der Waals surface area contributed by atoms with Crippen LogP contribution in [0.15, 0.2) is 24.3 Å². The van der Waals surface area contributed by atoms with E-state index in [1.807, 2.05) is 0 Å². The summed E-state index contributed by atoms with van der Waals surface area (Å²) in [5, 5.41) is 11.3. The van der Waals surface area contributed by atoms with Gasteiger partial charge in [0.2, 0.25) is 10.0 Å². The molecule has 1 aromatic carbocycles. The van der Waals surface area contributed by atoms with Gasteiger partial charge >= 0.3 is 5.97 Å². The molecule has 0 aliphatic heterocycles. The number of aliphatic carboxylic acids is 1. The summed E-state index contributed by atoms with van der Waals surface area (Å²) in [6.45, 7) is 3.45. The van der Waals surface area contributed by atoms with Crippen LogP contribution in [0.5, 0.6) is 0 Å². The molecular weight excluding hydrogens is 320 g/mol. The maximum absolute atomic E-state index is 12.3. The Morgan fingerprint density at radius 2 is 1.91 bits per heavy atom. The van der Waals surface area contributed by atoms with Gasteiger partial charge in [0.1, 0.15) is 0 Å². The summed E-state index contributed by atoms with van der Waals surface area (Å²) in [4.78, 5) is 22.8. The molecule has 0 spiro atoms. The monoisotopic (exact) mass is 342 g/mol. The maximum atomic E-state index is 12.3. The lowest BCUT2D eigenvalue weighted by molar-refractivity contribution is -0.137. The van der Waals surface area contributed by atoms with Crippen LogP contribution in [0.25, 0.3) is 0 Å². The van der Waals surface area contributed by atoms with Gasteiger partial charge in [-0.1, -0.05) is 19.1 Å². The summed E-state index contributed by atoms with van der Waals surface area (Å²) in [5.41, 5.74) is 0.415. The lowest BCUT2D eigenvalue weighted by Gasteiger charge is -2.15. The van der Waals surface area contributed by atoms with E-state index in [1.165, 1.54) is 12.1 Å². The first kappa shape index (κ1) is 19.0. The maximum Gasteiger partial charge on any atom is 0.303 e. The molecule has 0 saturated heterocycles. The van der Waals surface area contributed by atoms with Gasteiger partial charge in [-0.25, -0.2) is 8.42 Å². The Hall–Kier alpha value is -2.09. The standard InChI is InChI=1S/C15H22N2O5S/c1-3-10-23(21,22)17-13-7-5-4-6-12(13)15(20)16-11(2)8-9-14(18)19/h4-7,11,17H,3,8-10H2,1-2H3,(H,16,20)(H,18,19). The first-order valence-electron chi connectivity index (χ1n) is 7.37. The number of hydrogen-bond donors (Lipinski definition) is 3. The number of carbonyl (C=O) groups excluding carboxylic acids is 1. The minimum absolute atomic E-state index is 0.0298. The number of amides is 1. The smallest absolute Gasteiger partial charge is 0.303 e. The fourth-order valence-corrected chi connectivity index (χ4v) is 3.12. The van der Waals surface area contributed by atoms with Gasteiger partial charge in [-0.2, -0.15) is 0 Å². The van der Waals surface area contributed by atoms with Crippen molar-refractivity contribution in [2.75, 3.05) is 10.5 Å². The van der Waals surface area contributed by atoms with Crippen molar-refractivity contribution in [1.29, 1.82) is 0 Å². The van der Waals surface area contributed by atoms with Crippen molar-refractivity contribution < 1.29 is 23.1 Å². The average Bonchev–Trinajstić information content (AvgIpc) is 2.45. The molecule has 7 nitrogen and oxygen atoms in total. The molecule has 1 unspecified atom stereocenters. The fraction of sp³-hybridized carbons (Fsp3) is 0.467. The van der Waals surface area contributed by atoms with Crippen LogP contribution in [0.1, 0.15) is 43.5 Å². The van der Waals surface area contributed by atoms with E-state index < -0.39 is 21.9 Å². The minimum Gasteiger partial charge on any atom is -0.481 e. The molecule has 0 aromatic heterocycles. The van der Waals surface area contributed by atoms with Crippen molar-refractivity contribution in [2.45, 2.75) is 39.2 Å². The molecule has 23 heavy (non-hydrogen) atoms. The number of rotatable bonds is 9. The van der Waals surface area contributed by atoms with Crippen LogP contribution < -0.4 is 10.0 Å². The van der Waals surface area contributed by atoms with Gasteiger partial charge in [-0.05, 0) is 31.9 Å². The van der Waals surface area contributed by atoms with Crippen molar-refractivity contribution in [3.05, 3.63) is 29.8 Å². The molecule has 1 aromatic rings. The summed E-state index contributed by atoms with van der Waals surface area (Å²) >= 11 is 0. The fourth-order valence-electron chi connectivity index (χ4n) is 1.97. The molecule has 8 heteroatoms. The van der Waals surface area contributed by atoms with E-state index in [0.717, 1.165) is 0 Å². The zero-order valence-electron chi connectivity index (χ0n) is 13.2. The van der Waals surface area contributed by atoms with Crippen molar-refractivity contribution >= 4 is 27.6 Å². The Morgan fingerprint density at radius 1 is 1.26 bits per heavy atom. The third kappa shape index (κ3) is 6.68. The van der Waals surface area contributed by atoms with Crippen LogP contribution in [-0.4, -0.2) is 37.2 Å². The minimum atomic E-state index is -3.50. The molecule has 3 N–H and O–H groups in total. The van der Waals surface area contributed by atoms with Gasteiger partial charge < -0.3 is 10.4 Å². The predicted octanol–water partition coefficient (Wildman–Crippen LogP) is 1.82. The number of carboxylic acids is 1. The van der Waals surface area contributed by atoms with Crippen LogP contribution in [0.4, 0.5) is 5.69 Å². The van der Waals surface area contributed by atoms with Crippen molar-refractivity contribution in [2.24, 2.45) is 0 Å². The van der Waals surface area contributed by atoms with Crippen LogP contribution in [0, 0.1) is 0 Å². The lowest BCUT2D eigenvalue weighted by Crippen LogP contribution is -2.33. The predicted molar refractivity (Wildman–Crippen MR) is 87.9 cm³/mol. The molecule has 128 valence electrons. The first-order valence-corrected chi connectivity index (χ1v) is 9.02. The molecule has 0 radical (unpaired) electrons. The van der Waals surface area contributed by atoms with Gasteiger partial charge in [0, 0.05) is 12.5 Å². The Balaban J connectivity index is 2.83. The highest BCUT2D eigenvalue weighted by Gasteiger charge is 2.17. The molecule has 0 fully saturated rings. The largest absolute Gasteiger partial charge is 0.481 e. The van der Waals surface area contributed by atoms with Crippen molar-refractivity contribution in [3.63, 3.8) is 0 Å². The summed E-state index contributed by atoms with van der Waals surface area (Å²) < 4.78 is 26.1. The Bertz CT molecular complexity index is 658. The van der Waals surface area contributed by atoms with Crippen LogP contribution in [-0.2, 0) is 14.8 Å². The Labute approximate surface area is 136 Å². The van der Waals surface area contributed by atoms with E-state index in [0.29, 0.717) is 12.8 Å². The number of nitrogens with one attached hydrogen (secondary N) is 2. The summed E-state index contributed by atoms with van der Waals surface area (Å²) in [6.07, 6.45) is 0.715. The number of sulfonamides is 1. The van der Waals surface area contributed by atoms with Crippen LogP contribution in [0.3, 0.4) is 0 Å². The number of hydrogen-bond acceptors (Lipinski definition) is 4. The highest BCUT2D eigenvalue weighted by molar-refractivity contribution is 7.92. The average molecular weight is 342 g/mol. The molecule has 1 amide bonds. The van der Waals surface area contributed by atoms with Gasteiger partial charge in [0.15, 0.2) is 0 Å². The highest BCUT2D eigenvalue weighted by Crippen LogP contribution is 2.17. The number of benzene rings is 1. The summed E-state index contributed by atoms with van der Waals surface area (Å²) in [5.74, 6) is -1.41. The SMILES string of the molecule is CCCS(=O)(=O)Nc1ccccc1C(=O)NC(C)CCC(=O)O. The Morgan fingerprint density at radius 3 is 2.52 bits per heavy atom. The molecule has 0 aliphatic carbocycles. The second kappa shape index (κ2) is 8.52. The highest BCUT2D eigenvalue weighted by atomic mass is 32.2. The number of para-hydroxylation sites is 1. The molecule has 1 atom stereocenters. The van der Waals surface area contributed by atoms with Gasteiger partial charge in [0.25, 0.3) is 5.91 Å². The molecule has 0 bridgehead atoms. The van der Waals surface area contributed by atoms with Gasteiger partial charge in [-0.3, -0.25) is 14.3 Å². The molecular formula is C15H22N2O5S. The zero-order valence-corrected chi connectivity index (χ0v) is 14.0. The first-order chi connectivity index (χ1) is 10.7. The molecule has 0 aliphatic rings. The molecule has 0 saturated carbocycles. The van der Waals surface area contributed by atoms with Crippen molar-refractivity contribution in [1.82, 2.24) is 5.32 Å². The Kier molecular flexibility index (Phi) is 7.02. The van der Waals surface area contributed by atoms with E-state index >= 15 is 0 Å². The topological polar surface area (TPSA) is 113 Å². The third-order valence-corrected chi connectivity index (χ3v) is 4.56. The third-order valence-electron chi connectivity index (χ3n) is 3.08. The van der Waals surface area contributed by atoms with E-state index in [-0.39, 0.29) is 29.5 Å². The second-order valence-electron chi connectivity index (χ2n) is 5.27. The van der Waals surface area contributed by atoms with Gasteiger partial charge in [-0.15, -0.1) is 0 Å².